The first-order valence-corrected chi connectivity index (χ1v) is 9.60. The number of benzene rings is 1. The van der Waals surface area contributed by atoms with Gasteiger partial charge in [0.15, 0.2) is 5.89 Å². The number of amides is 1. The molecule has 1 saturated heterocycles. The van der Waals surface area contributed by atoms with E-state index in [1.165, 1.54) is 5.56 Å². The van der Waals surface area contributed by atoms with Crippen molar-refractivity contribution < 1.29 is 9.21 Å². The summed E-state index contributed by atoms with van der Waals surface area (Å²) >= 11 is 0. The maximum atomic E-state index is 12.7. The van der Waals surface area contributed by atoms with Crippen LogP contribution < -0.4 is 0 Å². The molecule has 0 unspecified atom stereocenters. The molecular weight excluding hydrogens is 352 g/mol. The minimum Gasteiger partial charge on any atom is -0.445 e. The fraction of sp³-hybridized carbons (Fsp3) is 0.364. The molecule has 0 atom stereocenters. The van der Waals surface area contributed by atoms with E-state index in [2.05, 4.69) is 34.0 Å². The highest BCUT2D eigenvalue weighted by Crippen LogP contribution is 2.35. The molecule has 1 aromatic carbocycles. The van der Waals surface area contributed by atoms with E-state index in [1.54, 1.807) is 12.4 Å². The Morgan fingerprint density at radius 2 is 1.82 bits per heavy atom. The van der Waals surface area contributed by atoms with Crippen molar-refractivity contribution in [1.29, 1.82) is 0 Å². The second-order valence-electron chi connectivity index (χ2n) is 7.69. The summed E-state index contributed by atoms with van der Waals surface area (Å²) in [6, 6.07) is 10.2. The standard InChI is InChI=1S/C22H24N4O2/c1-16-13-24-19(15-23-16)20(27)26-10-8-22(2,9-11-26)21-25-14-18(28-21)12-17-6-4-3-5-7-17/h3-7,13-15H,8-12H2,1-2H3. The van der Waals surface area contributed by atoms with Crippen LogP contribution in [0.3, 0.4) is 0 Å². The van der Waals surface area contributed by atoms with Gasteiger partial charge in [0, 0.05) is 31.1 Å². The lowest BCUT2D eigenvalue weighted by molar-refractivity contribution is 0.0651. The van der Waals surface area contributed by atoms with Gasteiger partial charge in [-0.1, -0.05) is 37.3 Å². The van der Waals surface area contributed by atoms with Gasteiger partial charge in [-0.2, -0.15) is 0 Å². The zero-order valence-corrected chi connectivity index (χ0v) is 16.3. The molecule has 0 N–H and O–H groups in total. The molecule has 2 aromatic heterocycles. The fourth-order valence-corrected chi connectivity index (χ4v) is 3.55. The average molecular weight is 376 g/mol. The molecule has 1 aliphatic heterocycles. The summed E-state index contributed by atoms with van der Waals surface area (Å²) in [4.78, 5) is 27.4. The molecule has 6 nitrogen and oxygen atoms in total. The normalized spacial score (nSPS) is 16.1. The van der Waals surface area contributed by atoms with Crippen molar-refractivity contribution in [2.45, 2.75) is 38.5 Å². The Kier molecular flexibility index (Phi) is 4.94. The zero-order valence-electron chi connectivity index (χ0n) is 16.3. The van der Waals surface area contributed by atoms with Crippen LogP contribution in [-0.2, 0) is 11.8 Å². The summed E-state index contributed by atoms with van der Waals surface area (Å²) in [7, 11) is 0. The first-order chi connectivity index (χ1) is 13.5. The second kappa shape index (κ2) is 7.54. The van der Waals surface area contributed by atoms with Gasteiger partial charge in [-0.25, -0.2) is 9.97 Å². The fourth-order valence-electron chi connectivity index (χ4n) is 3.55. The number of hydrogen-bond donors (Lipinski definition) is 0. The molecule has 144 valence electrons. The summed E-state index contributed by atoms with van der Waals surface area (Å²) < 4.78 is 6.09. The highest BCUT2D eigenvalue weighted by molar-refractivity contribution is 5.92. The molecule has 0 bridgehead atoms. The van der Waals surface area contributed by atoms with Crippen LogP contribution in [0.2, 0.25) is 0 Å². The van der Waals surface area contributed by atoms with E-state index in [0.29, 0.717) is 18.8 Å². The van der Waals surface area contributed by atoms with Crippen molar-refractivity contribution in [2.75, 3.05) is 13.1 Å². The zero-order chi connectivity index (χ0) is 19.6. The molecule has 3 heterocycles. The molecule has 0 spiro atoms. The van der Waals surface area contributed by atoms with E-state index in [1.807, 2.05) is 36.2 Å². The monoisotopic (exact) mass is 376 g/mol. The van der Waals surface area contributed by atoms with Gasteiger partial charge in [-0.05, 0) is 25.3 Å². The van der Waals surface area contributed by atoms with E-state index >= 15 is 0 Å². The number of likely N-dealkylation sites (tertiary alicyclic amines) is 1. The maximum Gasteiger partial charge on any atom is 0.274 e. The van der Waals surface area contributed by atoms with Crippen LogP contribution in [0, 0.1) is 6.92 Å². The molecule has 0 aliphatic carbocycles. The Morgan fingerprint density at radius 3 is 2.50 bits per heavy atom. The molecule has 6 heteroatoms. The molecule has 3 aromatic rings. The quantitative estimate of drug-likeness (QED) is 0.696. The van der Waals surface area contributed by atoms with E-state index in [4.69, 9.17) is 4.42 Å². The predicted octanol–water partition coefficient (Wildman–Crippen LogP) is 3.56. The van der Waals surface area contributed by atoms with Gasteiger partial charge in [-0.15, -0.1) is 0 Å². The SMILES string of the molecule is Cc1cnc(C(=O)N2CCC(C)(c3ncc(Cc4ccccc4)o3)CC2)cn1. The maximum absolute atomic E-state index is 12.7. The molecule has 1 fully saturated rings. The molecule has 28 heavy (non-hydrogen) atoms. The van der Waals surface area contributed by atoms with Crippen molar-refractivity contribution in [3.63, 3.8) is 0 Å². The number of carbonyl (C=O) groups is 1. The number of carbonyl (C=O) groups excluding carboxylic acids is 1. The van der Waals surface area contributed by atoms with Crippen LogP contribution in [0.5, 0.6) is 0 Å². The minimum absolute atomic E-state index is 0.0632. The second-order valence-corrected chi connectivity index (χ2v) is 7.69. The van der Waals surface area contributed by atoms with Gasteiger partial charge in [0.25, 0.3) is 5.91 Å². The molecule has 1 amide bonds. The van der Waals surface area contributed by atoms with Gasteiger partial charge in [0.05, 0.1) is 18.1 Å². The van der Waals surface area contributed by atoms with E-state index in [-0.39, 0.29) is 11.3 Å². The Morgan fingerprint density at radius 1 is 1.07 bits per heavy atom. The summed E-state index contributed by atoms with van der Waals surface area (Å²) in [5, 5.41) is 0. The average Bonchev–Trinajstić information content (AvgIpc) is 3.19. The summed E-state index contributed by atoms with van der Waals surface area (Å²) in [5.74, 6) is 1.57. The Labute approximate surface area is 164 Å². The molecule has 0 saturated carbocycles. The molecular formula is C22H24N4O2. The number of piperidine rings is 1. The lowest BCUT2D eigenvalue weighted by Crippen LogP contribution is -2.44. The Hall–Kier alpha value is -3.02. The topological polar surface area (TPSA) is 72.1 Å². The van der Waals surface area contributed by atoms with E-state index in [9.17, 15) is 4.79 Å². The highest BCUT2D eigenvalue weighted by atomic mass is 16.4. The number of hydrogen-bond acceptors (Lipinski definition) is 5. The third kappa shape index (κ3) is 3.81. The Balaban J connectivity index is 1.41. The van der Waals surface area contributed by atoms with Gasteiger partial charge >= 0.3 is 0 Å². The number of oxazole rings is 1. The first-order valence-electron chi connectivity index (χ1n) is 9.60. The molecule has 0 radical (unpaired) electrons. The predicted molar refractivity (Wildman–Crippen MR) is 105 cm³/mol. The van der Waals surface area contributed by atoms with Crippen molar-refractivity contribution in [1.82, 2.24) is 19.9 Å². The Bertz CT molecular complexity index is 942. The summed E-state index contributed by atoms with van der Waals surface area (Å²) in [5.41, 5.74) is 2.24. The van der Waals surface area contributed by atoms with E-state index in [0.717, 1.165) is 36.6 Å². The smallest absolute Gasteiger partial charge is 0.274 e. The van der Waals surface area contributed by atoms with Crippen LogP contribution in [0.4, 0.5) is 0 Å². The number of aryl methyl sites for hydroxylation is 1. The minimum atomic E-state index is -0.162. The summed E-state index contributed by atoms with van der Waals surface area (Å²) in [6.07, 6.45) is 7.36. The van der Waals surface area contributed by atoms with Crippen LogP contribution >= 0.6 is 0 Å². The van der Waals surface area contributed by atoms with Crippen molar-refractivity contribution in [3.05, 3.63) is 77.5 Å². The van der Waals surface area contributed by atoms with Gasteiger partial charge < -0.3 is 9.32 Å². The van der Waals surface area contributed by atoms with E-state index < -0.39 is 0 Å². The largest absolute Gasteiger partial charge is 0.445 e. The number of rotatable bonds is 4. The first kappa shape index (κ1) is 18.3. The van der Waals surface area contributed by atoms with Crippen molar-refractivity contribution in [2.24, 2.45) is 0 Å². The van der Waals surface area contributed by atoms with Gasteiger partial charge in [0.1, 0.15) is 11.5 Å². The van der Waals surface area contributed by atoms with Crippen LogP contribution in [0.25, 0.3) is 0 Å². The third-order valence-electron chi connectivity index (χ3n) is 5.45. The molecule has 4 rings (SSSR count). The lowest BCUT2D eigenvalue weighted by Gasteiger charge is -2.37. The van der Waals surface area contributed by atoms with Crippen LogP contribution in [0.15, 0.2) is 53.3 Å². The van der Waals surface area contributed by atoms with Crippen molar-refractivity contribution >= 4 is 5.91 Å². The van der Waals surface area contributed by atoms with Crippen molar-refractivity contribution in [3.8, 4) is 0 Å². The van der Waals surface area contributed by atoms with Gasteiger partial charge in [0.2, 0.25) is 0 Å². The van der Waals surface area contributed by atoms with Crippen LogP contribution in [0.1, 0.15) is 53.2 Å². The lowest BCUT2D eigenvalue weighted by atomic mass is 9.80. The van der Waals surface area contributed by atoms with Gasteiger partial charge in [-0.3, -0.25) is 9.78 Å². The molecule has 1 aliphatic rings. The third-order valence-corrected chi connectivity index (χ3v) is 5.45. The number of nitrogens with zero attached hydrogens (tertiary/aromatic N) is 4. The van der Waals surface area contributed by atoms with Crippen LogP contribution in [-0.4, -0.2) is 38.8 Å². The number of aromatic nitrogens is 3. The summed E-state index contributed by atoms with van der Waals surface area (Å²) in [6.45, 7) is 5.33. The highest BCUT2D eigenvalue weighted by Gasteiger charge is 2.37.